The van der Waals surface area contributed by atoms with Crippen LogP contribution in [-0.2, 0) is 10.2 Å². The largest absolute Gasteiger partial charge is 0.305 e. The van der Waals surface area contributed by atoms with Crippen molar-refractivity contribution in [3.05, 3.63) is 32.3 Å². The van der Waals surface area contributed by atoms with Crippen LogP contribution in [0.1, 0.15) is 32.3 Å². The van der Waals surface area contributed by atoms with Crippen molar-refractivity contribution in [1.82, 2.24) is 0 Å². The molecule has 1 aliphatic carbocycles. The average Bonchev–Trinajstić information content (AvgIpc) is 3.15. The van der Waals surface area contributed by atoms with E-state index in [1.54, 1.807) is 4.90 Å². The minimum Gasteiger partial charge on any atom is -0.305 e. The smallest absolute Gasteiger partial charge is 0.294 e. The molecule has 1 aliphatic heterocycles. The third-order valence-corrected chi connectivity index (χ3v) is 4.45. The second kappa shape index (κ2) is 4.28. The number of halogens is 1. The summed E-state index contributed by atoms with van der Waals surface area (Å²) in [5.41, 5.74) is 1.09. The number of fused-ring (bicyclic) bond motifs is 1. The maximum Gasteiger partial charge on any atom is 0.294 e. The first-order chi connectivity index (χ1) is 9.31. The van der Waals surface area contributed by atoms with Crippen LogP contribution in [0.3, 0.4) is 0 Å². The van der Waals surface area contributed by atoms with Gasteiger partial charge in [0.15, 0.2) is 0 Å². The number of hydrogen-bond donors (Lipinski definition) is 0. The van der Waals surface area contributed by atoms with Crippen LogP contribution in [0, 0.1) is 16.0 Å². The molecule has 3 rings (SSSR count). The van der Waals surface area contributed by atoms with Crippen molar-refractivity contribution in [2.75, 3.05) is 11.4 Å². The molecule has 0 radical (unpaired) electrons. The Bertz CT molecular complexity index is 623. The van der Waals surface area contributed by atoms with Gasteiger partial charge in [-0.05, 0) is 24.5 Å². The lowest BCUT2D eigenvalue weighted by atomic mass is 9.87. The maximum atomic E-state index is 12.4. The Morgan fingerprint density at radius 1 is 1.45 bits per heavy atom. The lowest BCUT2D eigenvalue weighted by Crippen LogP contribution is -2.35. The summed E-state index contributed by atoms with van der Waals surface area (Å²) >= 11 is 3.33. The molecule has 0 bridgehead atoms. The molecule has 0 atom stereocenters. The number of hydrogen-bond acceptors (Lipinski definition) is 3. The Labute approximate surface area is 125 Å². The van der Waals surface area contributed by atoms with Crippen molar-refractivity contribution in [2.45, 2.75) is 32.1 Å². The molecule has 1 aromatic rings. The highest BCUT2D eigenvalue weighted by Crippen LogP contribution is 2.49. The second-order valence-electron chi connectivity index (χ2n) is 6.16. The third-order valence-electron chi connectivity index (χ3n) is 4.00. The van der Waals surface area contributed by atoms with Crippen LogP contribution in [0.4, 0.5) is 11.4 Å². The normalized spacial score (nSPS) is 19.9. The summed E-state index contributed by atoms with van der Waals surface area (Å²) in [5.74, 6) is 0.0854. The standard InChI is InChI=1S/C14H15BrN2O3/c1-14(2)7-16(13(18)8-3-4-8)12-10(14)5-9(15)6-11(12)17(19)20/h5-6,8H,3-4,7H2,1-2H3. The van der Waals surface area contributed by atoms with Gasteiger partial charge in [0.25, 0.3) is 5.69 Å². The summed E-state index contributed by atoms with van der Waals surface area (Å²) in [6, 6.07) is 3.37. The van der Waals surface area contributed by atoms with Gasteiger partial charge in [-0.15, -0.1) is 0 Å². The number of anilines is 1. The Morgan fingerprint density at radius 2 is 2.10 bits per heavy atom. The summed E-state index contributed by atoms with van der Waals surface area (Å²) < 4.78 is 0.678. The van der Waals surface area contributed by atoms with E-state index in [0.717, 1.165) is 18.4 Å². The van der Waals surface area contributed by atoms with Crippen LogP contribution < -0.4 is 4.90 Å². The van der Waals surface area contributed by atoms with Crippen molar-refractivity contribution < 1.29 is 9.72 Å². The molecule has 1 saturated carbocycles. The van der Waals surface area contributed by atoms with E-state index in [0.29, 0.717) is 16.7 Å². The van der Waals surface area contributed by atoms with Gasteiger partial charge in [-0.2, -0.15) is 0 Å². The molecule has 2 aliphatic rings. The number of carbonyl (C=O) groups excluding carboxylic acids is 1. The fraction of sp³-hybridized carbons (Fsp3) is 0.500. The quantitative estimate of drug-likeness (QED) is 0.613. The molecule has 1 aromatic carbocycles. The Kier molecular flexibility index (Phi) is 2.90. The van der Waals surface area contributed by atoms with Gasteiger partial charge in [0.05, 0.1) is 4.92 Å². The van der Waals surface area contributed by atoms with Crippen LogP contribution >= 0.6 is 15.9 Å². The van der Waals surface area contributed by atoms with Gasteiger partial charge >= 0.3 is 0 Å². The fourth-order valence-corrected chi connectivity index (χ4v) is 3.27. The number of amides is 1. The van der Waals surface area contributed by atoms with Gasteiger partial charge in [-0.25, -0.2) is 0 Å². The Hall–Kier alpha value is -1.43. The zero-order valence-electron chi connectivity index (χ0n) is 11.4. The second-order valence-corrected chi connectivity index (χ2v) is 7.08. The Morgan fingerprint density at radius 3 is 2.65 bits per heavy atom. The molecule has 0 unspecified atom stereocenters. The predicted molar refractivity (Wildman–Crippen MR) is 78.9 cm³/mol. The van der Waals surface area contributed by atoms with Gasteiger partial charge in [0.2, 0.25) is 5.91 Å². The molecular formula is C14H15BrN2O3. The molecule has 5 nitrogen and oxygen atoms in total. The molecule has 6 heteroatoms. The zero-order valence-corrected chi connectivity index (χ0v) is 12.9. The first-order valence-electron chi connectivity index (χ1n) is 6.61. The molecular weight excluding hydrogens is 324 g/mol. The van der Waals surface area contributed by atoms with E-state index in [9.17, 15) is 14.9 Å². The molecule has 0 aromatic heterocycles. The van der Waals surface area contributed by atoms with E-state index in [-0.39, 0.29) is 22.9 Å². The lowest BCUT2D eigenvalue weighted by molar-refractivity contribution is -0.384. The van der Waals surface area contributed by atoms with Crippen LogP contribution in [0.15, 0.2) is 16.6 Å². The monoisotopic (exact) mass is 338 g/mol. The van der Waals surface area contributed by atoms with Crippen LogP contribution in [0.25, 0.3) is 0 Å². The maximum absolute atomic E-state index is 12.4. The highest BCUT2D eigenvalue weighted by Gasteiger charge is 2.46. The molecule has 0 saturated heterocycles. The van der Waals surface area contributed by atoms with Gasteiger partial charge < -0.3 is 4.90 Å². The predicted octanol–water partition coefficient (Wildman–Crippen LogP) is 3.39. The SMILES string of the molecule is CC1(C)CN(C(=O)C2CC2)c2c([N+](=O)[O-])cc(Br)cc21. The first kappa shape index (κ1) is 13.5. The van der Waals surface area contributed by atoms with Crippen LogP contribution in [0.5, 0.6) is 0 Å². The van der Waals surface area contributed by atoms with Gasteiger partial charge in [-0.1, -0.05) is 29.8 Å². The Balaban J connectivity index is 2.18. The van der Waals surface area contributed by atoms with Crippen LogP contribution in [0.2, 0.25) is 0 Å². The molecule has 106 valence electrons. The van der Waals surface area contributed by atoms with E-state index in [4.69, 9.17) is 0 Å². The molecule has 20 heavy (non-hydrogen) atoms. The minimum atomic E-state index is -0.405. The molecule has 0 spiro atoms. The fourth-order valence-electron chi connectivity index (χ4n) is 2.82. The van der Waals surface area contributed by atoms with Crippen molar-refractivity contribution in [3.63, 3.8) is 0 Å². The number of rotatable bonds is 2. The van der Waals surface area contributed by atoms with E-state index in [1.165, 1.54) is 6.07 Å². The highest BCUT2D eigenvalue weighted by molar-refractivity contribution is 9.10. The van der Waals surface area contributed by atoms with E-state index in [2.05, 4.69) is 15.9 Å². The van der Waals surface area contributed by atoms with Gasteiger partial charge in [0, 0.05) is 28.4 Å². The molecule has 1 heterocycles. The number of nitro groups is 1. The van der Waals surface area contributed by atoms with Crippen LogP contribution in [-0.4, -0.2) is 17.4 Å². The van der Waals surface area contributed by atoms with Gasteiger partial charge in [0.1, 0.15) is 5.69 Å². The summed E-state index contributed by atoms with van der Waals surface area (Å²) in [6.07, 6.45) is 1.80. The van der Waals surface area contributed by atoms with Gasteiger partial charge in [-0.3, -0.25) is 14.9 Å². The zero-order chi connectivity index (χ0) is 14.7. The average molecular weight is 339 g/mol. The minimum absolute atomic E-state index is 0.00829. The van der Waals surface area contributed by atoms with Crippen molar-refractivity contribution in [2.24, 2.45) is 5.92 Å². The molecule has 0 N–H and O–H groups in total. The summed E-state index contributed by atoms with van der Waals surface area (Å²) in [4.78, 5) is 25.0. The van der Waals surface area contributed by atoms with Crippen molar-refractivity contribution >= 4 is 33.2 Å². The van der Waals surface area contributed by atoms with E-state index < -0.39 is 4.92 Å². The number of nitrogens with zero attached hydrogens (tertiary/aromatic N) is 2. The molecule has 1 fully saturated rings. The summed E-state index contributed by atoms with van der Waals surface area (Å²) in [7, 11) is 0. The van der Waals surface area contributed by atoms with Crippen molar-refractivity contribution in [3.8, 4) is 0 Å². The number of nitro benzene ring substituents is 1. The number of benzene rings is 1. The number of carbonyl (C=O) groups is 1. The highest BCUT2D eigenvalue weighted by atomic mass is 79.9. The van der Waals surface area contributed by atoms with E-state index in [1.807, 2.05) is 19.9 Å². The van der Waals surface area contributed by atoms with Crippen molar-refractivity contribution in [1.29, 1.82) is 0 Å². The van der Waals surface area contributed by atoms with E-state index >= 15 is 0 Å². The molecule has 1 amide bonds. The first-order valence-corrected chi connectivity index (χ1v) is 7.40. The summed E-state index contributed by atoms with van der Waals surface area (Å²) in [5, 5.41) is 11.3. The summed E-state index contributed by atoms with van der Waals surface area (Å²) in [6.45, 7) is 4.54. The topological polar surface area (TPSA) is 63.5 Å². The lowest BCUT2D eigenvalue weighted by Gasteiger charge is -2.20. The third kappa shape index (κ3) is 2.02.